The van der Waals surface area contributed by atoms with Crippen LogP contribution in [0.1, 0.15) is 44.5 Å². The Balaban J connectivity index is 0.000000141. The summed E-state index contributed by atoms with van der Waals surface area (Å²) >= 11 is 0. The minimum atomic E-state index is -0.493. The molecule has 2 aliphatic rings. The third kappa shape index (κ3) is 9.50. The Morgan fingerprint density at radius 3 is 0.971 bits per heavy atom. The predicted octanol–water partition coefficient (Wildman–Crippen LogP) is 24.6. The highest BCUT2D eigenvalue weighted by molar-refractivity contribution is 6.12. The van der Waals surface area contributed by atoms with Gasteiger partial charge in [0.1, 0.15) is 5.82 Å². The van der Waals surface area contributed by atoms with E-state index in [4.69, 9.17) is 4.98 Å². The molecule has 480 valence electrons. The number of aromatic nitrogens is 3. The molecule has 0 N–H and O–H groups in total. The van der Waals surface area contributed by atoms with Gasteiger partial charge in [0, 0.05) is 67.6 Å². The molecular weight excluding hydrogens is 1240 g/mol. The topological polar surface area (TPSA) is 29.2 Å². The van der Waals surface area contributed by atoms with E-state index in [0.717, 1.165) is 45.6 Å². The molecule has 2 aliphatic carbocycles. The Labute approximate surface area is 593 Å². The summed E-state index contributed by atoms with van der Waals surface area (Å²) in [6.07, 6.45) is 1.88. The summed E-state index contributed by atoms with van der Waals surface area (Å²) in [5.74, 6) is 0.865. The number of hydrogen-bond donors (Lipinski definition) is 0. The summed E-state index contributed by atoms with van der Waals surface area (Å²) in [7, 11) is 0. The largest absolute Gasteiger partial charge is 0.310 e. The Kier molecular flexibility index (Phi) is 14.6. The van der Waals surface area contributed by atoms with E-state index in [1.165, 1.54) is 110 Å². The monoisotopic (exact) mass is 1300 g/mol. The maximum atomic E-state index is 4.93. The van der Waals surface area contributed by atoms with E-state index in [9.17, 15) is 0 Å². The molecule has 5 heteroatoms. The number of hydrogen-bond acceptors (Lipinski definition) is 3. The van der Waals surface area contributed by atoms with Crippen molar-refractivity contribution < 1.29 is 0 Å². The summed E-state index contributed by atoms with van der Waals surface area (Å²) < 4.78 is 4.74. The standard InChI is InChI=1S/C49H34N2.C48H33N3/c1-5-17-35(18-6-1)49(36-19-7-2-8-20-36)45-27-15-13-25-41(45)42-31-29-40(34-46(42)49)50(37-21-9-3-10-22-37)39-30-32-48-44(33-39)43-26-14-16-28-47(43)51(48)38-23-11-4-12-24-38;1-4-16-34(17-5-1)48(35-18-6-2-7-19-35)43-24-12-10-22-39(43)40-29-27-38(33-44(40)48)50(47-26-14-15-31-49-47)37-28-30-46-42(32-37)41-23-11-13-25-45(41)51(46)36-20-8-3-9-21-36/h1-34H;1-33H. The first-order valence-corrected chi connectivity index (χ1v) is 35.1. The third-order valence-corrected chi connectivity index (χ3v) is 21.2. The van der Waals surface area contributed by atoms with Gasteiger partial charge in [-0.2, -0.15) is 0 Å². The van der Waals surface area contributed by atoms with E-state index < -0.39 is 10.8 Å². The molecule has 0 aliphatic heterocycles. The minimum Gasteiger partial charge on any atom is -0.310 e. The summed E-state index contributed by atoms with van der Waals surface area (Å²) in [6, 6.07) is 145. The van der Waals surface area contributed by atoms with Crippen LogP contribution in [0.25, 0.3) is 77.2 Å². The van der Waals surface area contributed by atoms with Crippen molar-refractivity contribution in [3.63, 3.8) is 0 Å². The van der Waals surface area contributed by atoms with Crippen LogP contribution >= 0.6 is 0 Å². The summed E-state index contributed by atoms with van der Waals surface area (Å²) in [4.78, 5) is 9.65. The Morgan fingerprint density at radius 2 is 0.539 bits per heavy atom. The first-order valence-electron chi connectivity index (χ1n) is 35.1. The van der Waals surface area contributed by atoms with Crippen LogP contribution in [0, 0.1) is 0 Å². The molecule has 0 fully saturated rings. The molecule has 0 saturated carbocycles. The van der Waals surface area contributed by atoms with Gasteiger partial charge in [-0.1, -0.05) is 279 Å². The van der Waals surface area contributed by atoms with Crippen LogP contribution in [-0.4, -0.2) is 14.1 Å². The van der Waals surface area contributed by atoms with E-state index >= 15 is 0 Å². The van der Waals surface area contributed by atoms with E-state index in [1.807, 2.05) is 12.3 Å². The molecule has 0 bridgehead atoms. The van der Waals surface area contributed by atoms with Gasteiger partial charge in [-0.3, -0.25) is 4.90 Å². The molecule has 3 aromatic heterocycles. The predicted molar refractivity (Wildman–Crippen MR) is 423 cm³/mol. The fourth-order valence-corrected chi connectivity index (χ4v) is 17.0. The van der Waals surface area contributed by atoms with E-state index in [-0.39, 0.29) is 0 Å². The zero-order valence-electron chi connectivity index (χ0n) is 55.9. The number of benzene rings is 15. The van der Waals surface area contributed by atoms with E-state index in [0.29, 0.717) is 0 Å². The molecule has 20 rings (SSSR count). The second-order valence-electron chi connectivity index (χ2n) is 26.5. The summed E-state index contributed by atoms with van der Waals surface area (Å²) in [5, 5.41) is 4.88. The Hall–Kier alpha value is -13.4. The van der Waals surface area contributed by atoms with E-state index in [1.54, 1.807) is 0 Å². The number of pyridine rings is 1. The van der Waals surface area contributed by atoms with Crippen molar-refractivity contribution in [3.05, 3.63) is 451 Å². The van der Waals surface area contributed by atoms with Crippen LogP contribution in [-0.2, 0) is 10.8 Å². The van der Waals surface area contributed by atoms with Gasteiger partial charge in [0.2, 0.25) is 0 Å². The van der Waals surface area contributed by atoms with Crippen LogP contribution in [0.3, 0.4) is 0 Å². The summed E-state index contributed by atoms with van der Waals surface area (Å²) in [5.41, 5.74) is 26.8. The van der Waals surface area contributed by atoms with Gasteiger partial charge >= 0.3 is 0 Å². The minimum absolute atomic E-state index is 0.472. The fourth-order valence-electron chi connectivity index (χ4n) is 17.0. The quantitative estimate of drug-likeness (QED) is 0.122. The van der Waals surface area contributed by atoms with Crippen molar-refractivity contribution in [2.24, 2.45) is 0 Å². The molecule has 15 aromatic carbocycles. The second kappa shape index (κ2) is 24.9. The van der Waals surface area contributed by atoms with Gasteiger partial charge in [0.15, 0.2) is 0 Å². The van der Waals surface area contributed by atoms with Crippen LogP contribution in [0.5, 0.6) is 0 Å². The number of fused-ring (bicyclic) bond motifs is 12. The lowest BCUT2D eigenvalue weighted by Gasteiger charge is -2.35. The van der Waals surface area contributed by atoms with Crippen molar-refractivity contribution in [3.8, 4) is 33.6 Å². The van der Waals surface area contributed by atoms with Gasteiger partial charge in [-0.25, -0.2) is 4.98 Å². The molecule has 0 radical (unpaired) electrons. The highest BCUT2D eigenvalue weighted by Gasteiger charge is 2.48. The van der Waals surface area contributed by atoms with Gasteiger partial charge in [0.05, 0.1) is 32.9 Å². The Bertz CT molecular complexity index is 5660. The maximum absolute atomic E-state index is 4.93. The lowest BCUT2D eigenvalue weighted by Crippen LogP contribution is -2.28. The zero-order chi connectivity index (χ0) is 67.6. The molecular formula is C97H67N5. The first-order chi connectivity index (χ1) is 50.6. The van der Waals surface area contributed by atoms with E-state index in [2.05, 4.69) is 413 Å². The number of anilines is 6. The summed E-state index contributed by atoms with van der Waals surface area (Å²) in [6.45, 7) is 0. The van der Waals surface area contributed by atoms with Crippen molar-refractivity contribution in [1.29, 1.82) is 0 Å². The first kappa shape index (κ1) is 59.9. The number of para-hydroxylation sites is 5. The average Bonchev–Trinajstić information content (AvgIpc) is 1.54. The molecule has 0 unspecified atom stereocenters. The highest BCUT2D eigenvalue weighted by atomic mass is 15.2. The molecule has 102 heavy (non-hydrogen) atoms. The molecule has 5 nitrogen and oxygen atoms in total. The van der Waals surface area contributed by atoms with Crippen molar-refractivity contribution in [1.82, 2.24) is 14.1 Å². The van der Waals surface area contributed by atoms with Gasteiger partial charge < -0.3 is 14.0 Å². The lowest BCUT2D eigenvalue weighted by atomic mass is 9.67. The van der Waals surface area contributed by atoms with Crippen LogP contribution in [0.2, 0.25) is 0 Å². The molecule has 0 spiro atoms. The average molecular weight is 1300 g/mol. The van der Waals surface area contributed by atoms with Gasteiger partial charge in [0.25, 0.3) is 0 Å². The van der Waals surface area contributed by atoms with Crippen molar-refractivity contribution >= 4 is 77.9 Å². The molecule has 0 atom stereocenters. The molecule has 3 heterocycles. The van der Waals surface area contributed by atoms with Crippen LogP contribution < -0.4 is 9.80 Å². The van der Waals surface area contributed by atoms with Crippen molar-refractivity contribution in [2.75, 3.05) is 9.80 Å². The van der Waals surface area contributed by atoms with Gasteiger partial charge in [-0.15, -0.1) is 0 Å². The highest BCUT2D eigenvalue weighted by Crippen LogP contribution is 2.59. The van der Waals surface area contributed by atoms with Crippen LogP contribution in [0.15, 0.2) is 407 Å². The molecule has 0 saturated heterocycles. The number of nitrogens with zero attached hydrogens (tertiary/aromatic N) is 5. The fraction of sp³-hybridized carbons (Fsp3) is 0.0206. The zero-order valence-corrected chi connectivity index (χ0v) is 55.9. The van der Waals surface area contributed by atoms with Crippen LogP contribution in [0.4, 0.5) is 34.3 Å². The second-order valence-corrected chi connectivity index (χ2v) is 26.5. The smallest absolute Gasteiger partial charge is 0.137 e. The van der Waals surface area contributed by atoms with Gasteiger partial charge in [-0.05, 0) is 188 Å². The number of rotatable bonds is 12. The lowest BCUT2D eigenvalue weighted by molar-refractivity contribution is 0.768. The SMILES string of the molecule is c1ccc(-n2c3ccccc3c3cc(N(c4ccc5c(c4)C(c4ccccc4)(c4ccccc4)c4ccccc4-5)c4ccccn4)ccc32)cc1.c1ccc(N(c2ccc3c(c2)C(c2ccccc2)(c2ccccc2)c2ccccc2-3)c2ccc3c(c2)c2ccccc2n3-c2ccccc2)cc1. The third-order valence-electron chi connectivity index (χ3n) is 21.2. The molecule has 0 amide bonds. The molecule has 18 aromatic rings. The maximum Gasteiger partial charge on any atom is 0.137 e. The normalized spacial score (nSPS) is 12.9. The Morgan fingerprint density at radius 1 is 0.216 bits per heavy atom. The van der Waals surface area contributed by atoms with Crippen molar-refractivity contribution in [2.45, 2.75) is 10.8 Å².